The zero-order chi connectivity index (χ0) is 14.0. The molecule has 0 spiro atoms. The fourth-order valence-electron chi connectivity index (χ4n) is 2.53. The maximum Gasteiger partial charge on any atom is 0.313 e. The molecule has 2 unspecified atom stereocenters. The molecule has 1 saturated carbocycles. The maximum absolute atomic E-state index is 11.1. The van der Waals surface area contributed by atoms with E-state index >= 15 is 0 Å². The molecule has 1 heterocycles. The van der Waals surface area contributed by atoms with Crippen molar-refractivity contribution in [1.29, 1.82) is 0 Å². The van der Waals surface area contributed by atoms with Crippen LogP contribution >= 0.6 is 11.6 Å². The number of aromatic nitrogens is 1. The number of aliphatic hydroxyl groups is 1. The van der Waals surface area contributed by atoms with Crippen molar-refractivity contribution in [3.8, 4) is 0 Å². The van der Waals surface area contributed by atoms with Gasteiger partial charge in [-0.1, -0.05) is 24.4 Å². The highest BCUT2D eigenvalue weighted by molar-refractivity contribution is 6.30. The summed E-state index contributed by atoms with van der Waals surface area (Å²) < 4.78 is 0. The summed E-state index contributed by atoms with van der Waals surface area (Å²) >= 11 is 5.75. The van der Waals surface area contributed by atoms with Crippen molar-refractivity contribution in [2.75, 3.05) is 11.9 Å². The van der Waals surface area contributed by atoms with Crippen molar-refractivity contribution in [2.24, 2.45) is 0 Å². The Hall–Kier alpha value is -1.40. The van der Waals surface area contributed by atoms with Crippen molar-refractivity contribution >= 4 is 23.1 Å². The summed E-state index contributed by atoms with van der Waals surface area (Å²) in [5, 5.41) is 21.3. The van der Waals surface area contributed by atoms with Crippen LogP contribution in [0.3, 0.4) is 0 Å². The minimum absolute atomic E-state index is 0.132. The molecule has 1 fully saturated rings. The first-order valence-corrected chi connectivity index (χ1v) is 6.59. The van der Waals surface area contributed by atoms with E-state index in [1.165, 1.54) is 12.3 Å². The second kappa shape index (κ2) is 5.71. The maximum atomic E-state index is 11.1. The average molecular weight is 286 g/mol. The minimum atomic E-state index is -0.500. The molecule has 0 aromatic carbocycles. The first-order valence-electron chi connectivity index (χ1n) is 6.21. The Bertz CT molecular complexity index is 483. The lowest BCUT2D eigenvalue weighted by molar-refractivity contribution is -0.384. The lowest BCUT2D eigenvalue weighted by atomic mass is 9.91. The van der Waals surface area contributed by atoms with Gasteiger partial charge in [0.2, 0.25) is 5.82 Å². The van der Waals surface area contributed by atoms with Crippen molar-refractivity contribution < 1.29 is 10.0 Å². The van der Waals surface area contributed by atoms with Crippen molar-refractivity contribution in [3.05, 3.63) is 27.4 Å². The van der Waals surface area contributed by atoms with Crippen LogP contribution in [0.2, 0.25) is 5.02 Å². The van der Waals surface area contributed by atoms with Crippen LogP contribution in [0, 0.1) is 10.1 Å². The standard InChI is InChI=1S/C12H16ClN3O3/c1-15(9-4-2-3-5-11(9)17)12-10(16(18)19)6-8(13)7-14-12/h6-7,9,11,17H,2-5H2,1H3. The summed E-state index contributed by atoms with van der Waals surface area (Å²) in [4.78, 5) is 16.3. The summed E-state index contributed by atoms with van der Waals surface area (Å²) in [7, 11) is 1.72. The Kier molecular flexibility index (Phi) is 4.21. The summed E-state index contributed by atoms with van der Waals surface area (Å²) in [6.45, 7) is 0. The highest BCUT2D eigenvalue weighted by Gasteiger charge is 2.31. The van der Waals surface area contributed by atoms with Gasteiger partial charge < -0.3 is 10.0 Å². The molecule has 104 valence electrons. The summed E-state index contributed by atoms with van der Waals surface area (Å²) in [5.74, 6) is 0.250. The minimum Gasteiger partial charge on any atom is -0.391 e. The van der Waals surface area contributed by atoms with Gasteiger partial charge in [-0.15, -0.1) is 0 Å². The SMILES string of the molecule is CN(c1ncc(Cl)cc1[N+](=O)[O-])C1CCCCC1O. The van der Waals surface area contributed by atoms with E-state index in [9.17, 15) is 15.2 Å². The second-order valence-corrected chi connectivity index (χ2v) is 5.22. The van der Waals surface area contributed by atoms with Crippen LogP contribution in [0.4, 0.5) is 11.5 Å². The number of anilines is 1. The van der Waals surface area contributed by atoms with Gasteiger partial charge in [0.25, 0.3) is 0 Å². The third-order valence-electron chi connectivity index (χ3n) is 3.54. The van der Waals surface area contributed by atoms with Crippen LogP contribution in [-0.2, 0) is 0 Å². The predicted molar refractivity (Wildman–Crippen MR) is 72.6 cm³/mol. The largest absolute Gasteiger partial charge is 0.391 e. The number of likely N-dealkylation sites (N-methyl/N-ethyl adjacent to an activating group) is 1. The zero-order valence-corrected chi connectivity index (χ0v) is 11.4. The third-order valence-corrected chi connectivity index (χ3v) is 3.74. The molecule has 1 aliphatic rings. The Balaban J connectivity index is 2.32. The molecule has 7 heteroatoms. The van der Waals surface area contributed by atoms with Gasteiger partial charge in [-0.25, -0.2) is 4.98 Å². The molecule has 6 nitrogen and oxygen atoms in total. The highest BCUT2D eigenvalue weighted by atomic mass is 35.5. The molecule has 1 aromatic rings. The van der Waals surface area contributed by atoms with E-state index in [-0.39, 0.29) is 22.6 Å². The predicted octanol–water partition coefficient (Wildman–Crippen LogP) is 2.38. The Morgan fingerprint density at radius 1 is 1.53 bits per heavy atom. The number of pyridine rings is 1. The number of rotatable bonds is 3. The molecular weight excluding hydrogens is 270 g/mol. The molecule has 0 bridgehead atoms. The molecule has 0 saturated heterocycles. The van der Waals surface area contributed by atoms with E-state index in [1.54, 1.807) is 11.9 Å². The van der Waals surface area contributed by atoms with Gasteiger partial charge in [-0.3, -0.25) is 10.1 Å². The first-order chi connectivity index (χ1) is 9.00. The average Bonchev–Trinajstić information content (AvgIpc) is 2.38. The summed E-state index contributed by atoms with van der Waals surface area (Å²) in [6.07, 6.45) is 4.43. The topological polar surface area (TPSA) is 79.5 Å². The van der Waals surface area contributed by atoms with E-state index in [0.717, 1.165) is 25.7 Å². The van der Waals surface area contributed by atoms with Crippen molar-refractivity contribution in [3.63, 3.8) is 0 Å². The van der Waals surface area contributed by atoms with Crippen molar-refractivity contribution in [2.45, 2.75) is 37.8 Å². The number of hydrogen-bond acceptors (Lipinski definition) is 5. The molecular formula is C12H16ClN3O3. The number of nitro groups is 1. The molecule has 0 radical (unpaired) electrons. The quantitative estimate of drug-likeness (QED) is 0.681. The number of halogens is 1. The number of aliphatic hydroxyl groups excluding tert-OH is 1. The molecule has 0 amide bonds. The molecule has 1 N–H and O–H groups in total. The Morgan fingerprint density at radius 3 is 2.84 bits per heavy atom. The van der Waals surface area contributed by atoms with Gasteiger partial charge in [0.05, 0.1) is 22.1 Å². The van der Waals surface area contributed by atoms with Crippen LogP contribution in [0.5, 0.6) is 0 Å². The molecule has 1 aliphatic carbocycles. The van der Waals surface area contributed by atoms with E-state index in [1.807, 2.05) is 0 Å². The zero-order valence-electron chi connectivity index (χ0n) is 10.6. The Labute approximate surface area is 116 Å². The van der Waals surface area contributed by atoms with Crippen LogP contribution in [0.15, 0.2) is 12.3 Å². The van der Waals surface area contributed by atoms with Crippen LogP contribution in [-0.4, -0.2) is 34.2 Å². The second-order valence-electron chi connectivity index (χ2n) is 4.78. The first kappa shape index (κ1) is 14.0. The fourth-order valence-corrected chi connectivity index (χ4v) is 2.68. The van der Waals surface area contributed by atoms with Gasteiger partial charge in [0.15, 0.2) is 0 Å². The van der Waals surface area contributed by atoms with Gasteiger partial charge >= 0.3 is 5.69 Å². The lowest BCUT2D eigenvalue weighted by Crippen LogP contribution is -2.44. The Morgan fingerprint density at radius 2 is 2.21 bits per heavy atom. The molecule has 19 heavy (non-hydrogen) atoms. The third kappa shape index (κ3) is 2.96. The van der Waals surface area contributed by atoms with E-state index in [4.69, 9.17) is 11.6 Å². The molecule has 1 aromatic heterocycles. The van der Waals surface area contributed by atoms with Crippen LogP contribution in [0.1, 0.15) is 25.7 Å². The summed E-state index contributed by atoms with van der Waals surface area (Å²) in [5.41, 5.74) is -0.132. The van der Waals surface area contributed by atoms with Gasteiger partial charge in [0.1, 0.15) is 0 Å². The summed E-state index contributed by atoms with van der Waals surface area (Å²) in [6, 6.07) is 1.15. The smallest absolute Gasteiger partial charge is 0.313 e. The monoisotopic (exact) mass is 285 g/mol. The van der Waals surface area contributed by atoms with Crippen LogP contribution in [0.25, 0.3) is 0 Å². The van der Waals surface area contributed by atoms with E-state index in [2.05, 4.69) is 4.98 Å². The van der Waals surface area contributed by atoms with Gasteiger partial charge in [-0.2, -0.15) is 0 Å². The number of hydrogen-bond donors (Lipinski definition) is 1. The van der Waals surface area contributed by atoms with Crippen molar-refractivity contribution in [1.82, 2.24) is 4.98 Å². The highest BCUT2D eigenvalue weighted by Crippen LogP contribution is 2.32. The van der Waals surface area contributed by atoms with Gasteiger partial charge in [-0.05, 0) is 12.8 Å². The number of nitrogens with zero attached hydrogens (tertiary/aromatic N) is 3. The van der Waals surface area contributed by atoms with E-state index in [0.29, 0.717) is 0 Å². The van der Waals surface area contributed by atoms with Gasteiger partial charge in [0, 0.05) is 19.3 Å². The van der Waals surface area contributed by atoms with Crippen LogP contribution < -0.4 is 4.90 Å². The van der Waals surface area contributed by atoms with E-state index < -0.39 is 11.0 Å². The lowest BCUT2D eigenvalue weighted by Gasteiger charge is -2.35. The normalized spacial score (nSPS) is 23.1. The fraction of sp³-hybridized carbons (Fsp3) is 0.583. The molecule has 2 atom stereocenters. The molecule has 0 aliphatic heterocycles. The molecule has 2 rings (SSSR count).